The third kappa shape index (κ3) is 4.01. The molecule has 1 saturated heterocycles. The standard InChI is InChI=1S/C17H18ClN3O3/c18-14-9-19-5-3-13(14)11-21-6-4-12(10-21)8-20-17(23)16(22)15-2-1-7-24-15/h1-3,5,7,9,12H,4,6,8,10-11H2,(H,20,23)/t12-/m1/s1. The summed E-state index contributed by atoms with van der Waals surface area (Å²) in [7, 11) is 0. The number of pyridine rings is 1. The van der Waals surface area contributed by atoms with Crippen molar-refractivity contribution < 1.29 is 14.0 Å². The minimum absolute atomic E-state index is 0.0628. The van der Waals surface area contributed by atoms with Crippen LogP contribution in [0.1, 0.15) is 22.5 Å². The molecule has 7 heteroatoms. The van der Waals surface area contributed by atoms with Gasteiger partial charge >= 0.3 is 0 Å². The number of likely N-dealkylation sites (tertiary alicyclic amines) is 1. The van der Waals surface area contributed by atoms with Crippen LogP contribution >= 0.6 is 11.6 Å². The van der Waals surface area contributed by atoms with E-state index in [4.69, 9.17) is 16.0 Å². The van der Waals surface area contributed by atoms with Gasteiger partial charge in [-0.15, -0.1) is 0 Å². The van der Waals surface area contributed by atoms with Gasteiger partial charge in [0.15, 0.2) is 5.76 Å². The minimum Gasteiger partial charge on any atom is -0.461 e. The van der Waals surface area contributed by atoms with Crippen LogP contribution in [0.15, 0.2) is 41.3 Å². The van der Waals surface area contributed by atoms with E-state index in [2.05, 4.69) is 15.2 Å². The molecular weight excluding hydrogens is 330 g/mol. The molecule has 1 amide bonds. The molecule has 126 valence electrons. The summed E-state index contributed by atoms with van der Waals surface area (Å²) in [4.78, 5) is 29.9. The summed E-state index contributed by atoms with van der Waals surface area (Å²) in [5, 5.41) is 3.36. The Labute approximate surface area is 144 Å². The number of nitrogens with zero attached hydrogens (tertiary/aromatic N) is 2. The van der Waals surface area contributed by atoms with Gasteiger partial charge in [-0.1, -0.05) is 11.6 Å². The second-order valence-corrected chi connectivity index (χ2v) is 6.28. The van der Waals surface area contributed by atoms with E-state index in [0.29, 0.717) is 17.5 Å². The van der Waals surface area contributed by atoms with Crippen molar-refractivity contribution in [1.29, 1.82) is 0 Å². The van der Waals surface area contributed by atoms with E-state index in [9.17, 15) is 9.59 Å². The van der Waals surface area contributed by atoms with Gasteiger partial charge in [-0.25, -0.2) is 0 Å². The van der Waals surface area contributed by atoms with Crippen LogP contribution in [0.2, 0.25) is 5.02 Å². The fourth-order valence-electron chi connectivity index (χ4n) is 2.83. The largest absolute Gasteiger partial charge is 0.461 e. The number of halogens is 1. The Morgan fingerprint density at radius 1 is 1.42 bits per heavy atom. The molecule has 1 aliphatic rings. The topological polar surface area (TPSA) is 75.4 Å². The first-order valence-electron chi connectivity index (χ1n) is 7.80. The number of hydrogen-bond acceptors (Lipinski definition) is 5. The molecule has 1 N–H and O–H groups in total. The average molecular weight is 348 g/mol. The quantitative estimate of drug-likeness (QED) is 0.640. The number of aromatic nitrogens is 1. The Balaban J connectivity index is 1.46. The van der Waals surface area contributed by atoms with Gasteiger partial charge in [0, 0.05) is 32.0 Å². The van der Waals surface area contributed by atoms with Gasteiger partial charge in [0.1, 0.15) is 0 Å². The molecule has 0 aliphatic carbocycles. The monoisotopic (exact) mass is 347 g/mol. The van der Waals surface area contributed by atoms with Crippen molar-refractivity contribution in [3.63, 3.8) is 0 Å². The van der Waals surface area contributed by atoms with Crippen molar-refractivity contribution in [2.45, 2.75) is 13.0 Å². The van der Waals surface area contributed by atoms with E-state index in [-0.39, 0.29) is 5.76 Å². The van der Waals surface area contributed by atoms with Gasteiger partial charge < -0.3 is 9.73 Å². The predicted octanol–water partition coefficient (Wildman–Crippen LogP) is 2.15. The van der Waals surface area contributed by atoms with Crippen molar-refractivity contribution in [3.8, 4) is 0 Å². The lowest BCUT2D eigenvalue weighted by molar-refractivity contribution is -0.117. The molecule has 0 radical (unpaired) electrons. The normalized spacial score (nSPS) is 17.8. The Hall–Kier alpha value is -2.18. The number of furan rings is 1. The number of Topliss-reactive ketones (excluding diaryl/α,β-unsaturated/α-hetero) is 1. The maximum absolute atomic E-state index is 11.9. The Bertz CT molecular complexity index is 718. The van der Waals surface area contributed by atoms with Gasteiger partial charge in [0.2, 0.25) is 0 Å². The van der Waals surface area contributed by atoms with Crippen molar-refractivity contribution in [2.75, 3.05) is 19.6 Å². The zero-order valence-corrected chi connectivity index (χ0v) is 13.8. The lowest BCUT2D eigenvalue weighted by atomic mass is 10.1. The van der Waals surface area contributed by atoms with Crippen molar-refractivity contribution in [2.24, 2.45) is 5.92 Å². The van der Waals surface area contributed by atoms with Gasteiger partial charge in [0.05, 0.1) is 11.3 Å². The maximum atomic E-state index is 11.9. The molecule has 24 heavy (non-hydrogen) atoms. The van der Waals surface area contributed by atoms with Crippen LogP contribution in [0.25, 0.3) is 0 Å². The molecule has 0 unspecified atom stereocenters. The Kier molecular flexibility index (Phi) is 5.27. The van der Waals surface area contributed by atoms with Crippen molar-refractivity contribution in [1.82, 2.24) is 15.2 Å². The molecule has 0 spiro atoms. The maximum Gasteiger partial charge on any atom is 0.295 e. The zero-order valence-electron chi connectivity index (χ0n) is 13.1. The molecule has 2 aromatic rings. The van der Waals surface area contributed by atoms with Crippen LogP contribution in [0, 0.1) is 5.92 Å². The van der Waals surface area contributed by atoms with Crippen molar-refractivity contribution >= 4 is 23.3 Å². The van der Waals surface area contributed by atoms with Gasteiger partial charge in [0.25, 0.3) is 11.7 Å². The minimum atomic E-state index is -0.640. The number of carbonyl (C=O) groups is 2. The van der Waals surface area contributed by atoms with Crippen LogP contribution in [0.4, 0.5) is 0 Å². The third-order valence-corrected chi connectivity index (χ3v) is 4.46. The highest BCUT2D eigenvalue weighted by atomic mass is 35.5. The molecular formula is C17H18ClN3O3. The molecule has 2 aromatic heterocycles. The van der Waals surface area contributed by atoms with E-state index < -0.39 is 11.7 Å². The Morgan fingerprint density at radius 2 is 2.29 bits per heavy atom. The molecule has 6 nitrogen and oxygen atoms in total. The lowest BCUT2D eigenvalue weighted by Gasteiger charge is -2.17. The third-order valence-electron chi connectivity index (χ3n) is 4.12. The van der Waals surface area contributed by atoms with Crippen LogP contribution in [-0.2, 0) is 11.3 Å². The number of carbonyl (C=O) groups excluding carboxylic acids is 2. The highest BCUT2D eigenvalue weighted by Gasteiger charge is 2.25. The summed E-state index contributed by atoms with van der Waals surface area (Å²) in [5.41, 5.74) is 1.05. The number of rotatable bonds is 6. The molecule has 0 saturated carbocycles. The Morgan fingerprint density at radius 3 is 3.04 bits per heavy atom. The summed E-state index contributed by atoms with van der Waals surface area (Å²) in [5.74, 6) is -0.883. The average Bonchev–Trinajstić information content (AvgIpc) is 3.26. The first-order valence-corrected chi connectivity index (χ1v) is 8.18. The fourth-order valence-corrected chi connectivity index (χ4v) is 3.01. The van der Waals surface area contributed by atoms with E-state index in [1.54, 1.807) is 18.5 Å². The summed E-state index contributed by atoms with van der Waals surface area (Å²) >= 11 is 6.13. The zero-order chi connectivity index (χ0) is 16.9. The van der Waals surface area contributed by atoms with Gasteiger partial charge in [-0.05, 0) is 42.6 Å². The highest BCUT2D eigenvalue weighted by Crippen LogP contribution is 2.21. The van der Waals surface area contributed by atoms with E-state index in [0.717, 1.165) is 31.6 Å². The number of amides is 1. The van der Waals surface area contributed by atoms with Gasteiger partial charge in [-0.3, -0.25) is 19.5 Å². The lowest BCUT2D eigenvalue weighted by Crippen LogP contribution is -2.35. The predicted molar refractivity (Wildman–Crippen MR) is 88.7 cm³/mol. The first-order chi connectivity index (χ1) is 11.6. The molecule has 0 bridgehead atoms. The SMILES string of the molecule is O=C(NC[C@H]1CCN(Cc2ccncc2Cl)C1)C(=O)c1ccco1. The molecule has 1 fully saturated rings. The van der Waals surface area contributed by atoms with E-state index in [1.807, 2.05) is 6.07 Å². The summed E-state index contributed by atoms with van der Waals surface area (Å²) < 4.78 is 4.95. The number of ketones is 1. The number of nitrogens with one attached hydrogen (secondary N) is 1. The van der Waals surface area contributed by atoms with Crippen molar-refractivity contribution in [3.05, 3.63) is 53.2 Å². The second kappa shape index (κ2) is 7.59. The van der Waals surface area contributed by atoms with E-state index >= 15 is 0 Å². The van der Waals surface area contributed by atoms with Crippen LogP contribution < -0.4 is 5.32 Å². The highest BCUT2D eigenvalue weighted by molar-refractivity contribution is 6.42. The molecule has 3 heterocycles. The molecule has 0 aromatic carbocycles. The van der Waals surface area contributed by atoms with Crippen LogP contribution in [0.5, 0.6) is 0 Å². The fraction of sp³-hybridized carbons (Fsp3) is 0.353. The summed E-state index contributed by atoms with van der Waals surface area (Å²) in [6.45, 7) is 3.03. The van der Waals surface area contributed by atoms with E-state index in [1.165, 1.54) is 12.3 Å². The van der Waals surface area contributed by atoms with Crippen LogP contribution in [-0.4, -0.2) is 41.2 Å². The number of hydrogen-bond donors (Lipinski definition) is 1. The second-order valence-electron chi connectivity index (χ2n) is 5.87. The van der Waals surface area contributed by atoms with Crippen LogP contribution in [0.3, 0.4) is 0 Å². The summed E-state index contributed by atoms with van der Waals surface area (Å²) in [6, 6.07) is 4.98. The first kappa shape index (κ1) is 16.7. The smallest absolute Gasteiger partial charge is 0.295 e. The van der Waals surface area contributed by atoms with Gasteiger partial charge in [-0.2, -0.15) is 0 Å². The molecule has 1 atom stereocenters. The summed E-state index contributed by atoms with van der Waals surface area (Å²) in [6.07, 6.45) is 5.72. The molecule has 1 aliphatic heterocycles. The molecule has 3 rings (SSSR count).